The number of nitrogens with two attached hydrogens (primary N) is 1. The first kappa shape index (κ1) is 36.7. The van der Waals surface area contributed by atoms with Crippen molar-refractivity contribution in [2.75, 3.05) is 30.7 Å². The van der Waals surface area contributed by atoms with Crippen molar-refractivity contribution in [3.05, 3.63) is 76.7 Å². The van der Waals surface area contributed by atoms with Crippen molar-refractivity contribution in [2.24, 2.45) is 0 Å². The topological polar surface area (TPSA) is 261 Å². The summed E-state index contributed by atoms with van der Waals surface area (Å²) in [6.07, 6.45) is -3.35. The number of fused-ring (bicyclic) bond motifs is 2. The highest BCUT2D eigenvalue weighted by atomic mass is 35.5. The number of aliphatic hydroxyl groups excluding tert-OH is 3. The minimum atomic E-state index is -1.49. The number of imide groups is 2. The lowest BCUT2D eigenvalue weighted by Gasteiger charge is -2.27. The van der Waals surface area contributed by atoms with Gasteiger partial charge in [-0.05, 0) is 48.7 Å². The maximum atomic E-state index is 13.3. The Labute approximate surface area is 311 Å². The quantitative estimate of drug-likeness (QED) is 0.0763. The third-order valence-electron chi connectivity index (χ3n) is 9.52. The Morgan fingerprint density at radius 1 is 1.09 bits per heavy atom. The molecule has 0 bridgehead atoms. The van der Waals surface area contributed by atoms with E-state index in [-0.39, 0.29) is 52.7 Å². The second-order valence-corrected chi connectivity index (χ2v) is 13.3. The minimum absolute atomic E-state index is 0.0169. The zero-order valence-electron chi connectivity index (χ0n) is 28.3. The third kappa shape index (κ3) is 6.80. The molecule has 8 N–H and O–H groups in total. The van der Waals surface area contributed by atoms with E-state index in [1.165, 1.54) is 35.2 Å². The van der Waals surface area contributed by atoms with Crippen LogP contribution in [0.15, 0.2) is 55.0 Å². The summed E-state index contributed by atoms with van der Waals surface area (Å²) in [7, 11) is 0. The fourth-order valence-corrected chi connectivity index (χ4v) is 6.94. The van der Waals surface area contributed by atoms with Crippen LogP contribution in [0.1, 0.15) is 57.9 Å². The van der Waals surface area contributed by atoms with Gasteiger partial charge in [0.05, 0.1) is 21.5 Å². The molecular formula is C35H35ClN8O10. The monoisotopic (exact) mass is 762 g/mol. The van der Waals surface area contributed by atoms with E-state index in [0.717, 1.165) is 4.90 Å². The van der Waals surface area contributed by atoms with Crippen LogP contribution in [0.5, 0.6) is 5.75 Å². The summed E-state index contributed by atoms with van der Waals surface area (Å²) in [6, 6.07) is 9.68. The van der Waals surface area contributed by atoms with Crippen molar-refractivity contribution >= 4 is 63.7 Å². The van der Waals surface area contributed by atoms with Crippen molar-refractivity contribution in [1.29, 1.82) is 0 Å². The molecule has 2 aromatic heterocycles. The number of hydrogen-bond donors (Lipinski definition) is 7. The van der Waals surface area contributed by atoms with E-state index in [2.05, 4.69) is 25.9 Å². The number of aliphatic hydroxyl groups is 3. The molecule has 0 spiro atoms. The number of carbonyl (C=O) groups is 5. The van der Waals surface area contributed by atoms with Gasteiger partial charge in [-0.25, -0.2) is 9.97 Å². The molecule has 0 aliphatic carbocycles. The van der Waals surface area contributed by atoms with Crippen LogP contribution in [0.25, 0.3) is 11.0 Å². The van der Waals surface area contributed by atoms with Crippen LogP contribution in [0, 0.1) is 0 Å². The number of nitrogens with one attached hydrogen (secondary N) is 3. The number of nitrogens with zero attached hydrogens (tertiary/aromatic N) is 4. The number of carbonyl (C=O) groups excluding carboxylic acids is 5. The second-order valence-electron chi connectivity index (χ2n) is 12.9. The molecule has 19 heteroatoms. The maximum absolute atomic E-state index is 13.3. The molecule has 54 heavy (non-hydrogen) atoms. The summed E-state index contributed by atoms with van der Waals surface area (Å²) < 4.78 is 13.1. The summed E-state index contributed by atoms with van der Waals surface area (Å²) in [4.78, 5) is 71.9. The van der Waals surface area contributed by atoms with Crippen LogP contribution in [-0.2, 0) is 19.1 Å². The van der Waals surface area contributed by atoms with Gasteiger partial charge in [-0.1, -0.05) is 23.7 Å². The smallest absolute Gasteiger partial charge is 0.264 e. The van der Waals surface area contributed by atoms with Crippen molar-refractivity contribution in [3.63, 3.8) is 0 Å². The predicted molar refractivity (Wildman–Crippen MR) is 189 cm³/mol. The number of hydrogen-bond acceptors (Lipinski definition) is 14. The molecule has 6 atom stereocenters. The normalized spacial score (nSPS) is 23.0. The van der Waals surface area contributed by atoms with Gasteiger partial charge in [0.25, 0.3) is 17.7 Å². The van der Waals surface area contributed by atoms with Crippen molar-refractivity contribution in [2.45, 2.75) is 55.9 Å². The second kappa shape index (κ2) is 15.0. The van der Waals surface area contributed by atoms with Crippen molar-refractivity contribution in [3.8, 4) is 5.75 Å². The van der Waals surface area contributed by atoms with Gasteiger partial charge in [0.1, 0.15) is 54.0 Å². The van der Waals surface area contributed by atoms with E-state index < -0.39 is 72.8 Å². The minimum Gasteiger partial charge on any atom is -0.482 e. The fourth-order valence-electron chi connectivity index (χ4n) is 6.77. The highest BCUT2D eigenvalue weighted by molar-refractivity contribution is 6.32. The summed E-state index contributed by atoms with van der Waals surface area (Å²) in [5.41, 5.74) is 7.21. The summed E-state index contributed by atoms with van der Waals surface area (Å²) in [6.45, 7) is 0.124. The van der Waals surface area contributed by atoms with E-state index in [4.69, 9.17) is 26.8 Å². The maximum Gasteiger partial charge on any atom is 0.264 e. The molecule has 7 rings (SSSR count). The number of amides is 5. The molecule has 3 aliphatic rings. The first-order valence-corrected chi connectivity index (χ1v) is 17.4. The van der Waals surface area contributed by atoms with Crippen molar-refractivity contribution in [1.82, 2.24) is 30.1 Å². The Kier molecular flexibility index (Phi) is 10.2. The number of halogens is 1. The van der Waals surface area contributed by atoms with Gasteiger partial charge >= 0.3 is 0 Å². The van der Waals surface area contributed by atoms with E-state index in [0.29, 0.717) is 29.7 Å². The van der Waals surface area contributed by atoms with Crippen molar-refractivity contribution < 1.29 is 48.8 Å². The zero-order valence-corrected chi connectivity index (χ0v) is 29.1. The molecule has 1 unspecified atom stereocenters. The molecule has 2 saturated heterocycles. The molecule has 0 saturated carbocycles. The van der Waals surface area contributed by atoms with Gasteiger partial charge < -0.3 is 45.7 Å². The van der Waals surface area contributed by atoms with Gasteiger partial charge in [0.15, 0.2) is 12.8 Å². The molecule has 5 amide bonds. The summed E-state index contributed by atoms with van der Waals surface area (Å²) in [5, 5.41) is 41.5. The van der Waals surface area contributed by atoms with Crippen LogP contribution in [-0.4, -0.2) is 108 Å². The highest BCUT2D eigenvalue weighted by Gasteiger charge is 2.48. The molecule has 2 aromatic carbocycles. The zero-order chi connectivity index (χ0) is 38.3. The molecule has 3 aliphatic heterocycles. The average Bonchev–Trinajstić information content (AvgIpc) is 3.79. The molecule has 2 fully saturated rings. The number of rotatable bonds is 12. The van der Waals surface area contributed by atoms with Crippen LogP contribution >= 0.6 is 11.6 Å². The SMILES string of the molecule is Nc1ncnc2c1ccn2[C@@H]1O[C@H]([C@H](O)c2ccc(Cl)c(OCC(=O)NCCCNc3cccc4c3C(=O)N(C3CCC(=O)NC3=O)C4=O)c2)[C@@H](O)[C@H]1O. The van der Waals surface area contributed by atoms with Gasteiger partial charge in [0.2, 0.25) is 11.8 Å². The average molecular weight is 763 g/mol. The molecule has 18 nitrogen and oxygen atoms in total. The fraction of sp³-hybridized carbons (Fsp3) is 0.343. The molecule has 4 aromatic rings. The van der Waals surface area contributed by atoms with Gasteiger partial charge in [-0.3, -0.25) is 34.2 Å². The Balaban J connectivity index is 0.899. The Hall–Kier alpha value is -5.66. The lowest BCUT2D eigenvalue weighted by Crippen LogP contribution is -2.54. The number of ether oxygens (including phenoxy) is 2. The van der Waals surface area contributed by atoms with E-state index >= 15 is 0 Å². The van der Waals surface area contributed by atoms with Gasteiger partial charge in [-0.15, -0.1) is 0 Å². The van der Waals surface area contributed by atoms with E-state index in [9.17, 15) is 39.3 Å². The first-order valence-electron chi connectivity index (χ1n) is 17.0. The van der Waals surface area contributed by atoms with Crippen LogP contribution in [0.2, 0.25) is 5.02 Å². The largest absolute Gasteiger partial charge is 0.482 e. The molecule has 0 radical (unpaired) electrons. The van der Waals surface area contributed by atoms with Crippen LogP contribution in [0.4, 0.5) is 11.5 Å². The standard InChI is InChI=1S/C35H35ClN8O10/c36-19-6-5-16(26(47)29-27(48)28(49)35(54-29)43-12-9-18-30(37)40-15-41-31(18)43)13-22(19)53-14-24(46)39-11-2-10-38-20-4-1-3-17-25(20)34(52)44(33(17)51)21-7-8-23(45)42-32(21)50/h1,3-6,9,12-13,15,21,26-29,35,38,47-49H,2,7-8,10-11,14H2,(H,39,46)(H2,37,40,41)(H,42,45,50)/t21?,26-,27+,28-,29-,35-/m1/s1. The molecule has 5 heterocycles. The Morgan fingerprint density at radius 3 is 2.70 bits per heavy atom. The predicted octanol–water partition coefficient (Wildman–Crippen LogP) is 0.418. The number of aromatic nitrogens is 3. The Bertz CT molecular complexity index is 2160. The number of piperidine rings is 1. The van der Waals surface area contributed by atoms with Gasteiger partial charge in [-0.2, -0.15) is 0 Å². The third-order valence-corrected chi connectivity index (χ3v) is 9.83. The molecule has 282 valence electrons. The number of anilines is 2. The highest BCUT2D eigenvalue weighted by Crippen LogP contribution is 2.39. The van der Waals surface area contributed by atoms with Gasteiger partial charge in [0, 0.05) is 31.4 Å². The summed E-state index contributed by atoms with van der Waals surface area (Å²) in [5.74, 6) is -2.54. The first-order chi connectivity index (χ1) is 25.9. The van der Waals surface area contributed by atoms with E-state index in [1.54, 1.807) is 24.4 Å². The Morgan fingerprint density at radius 2 is 1.91 bits per heavy atom. The molecular weight excluding hydrogens is 728 g/mol. The lowest BCUT2D eigenvalue weighted by atomic mass is 9.99. The van der Waals surface area contributed by atoms with Crippen LogP contribution in [0.3, 0.4) is 0 Å². The van der Waals surface area contributed by atoms with E-state index in [1.807, 2.05) is 0 Å². The summed E-state index contributed by atoms with van der Waals surface area (Å²) >= 11 is 6.31. The van der Waals surface area contributed by atoms with Crippen LogP contribution < -0.4 is 26.4 Å². The number of benzene rings is 2. The lowest BCUT2D eigenvalue weighted by molar-refractivity contribution is -0.136. The number of nitrogen functional groups attached to an aromatic ring is 1.